The summed E-state index contributed by atoms with van der Waals surface area (Å²) in [4.78, 5) is 22.7. The molecule has 0 aliphatic heterocycles. The van der Waals surface area contributed by atoms with Gasteiger partial charge in [-0.1, -0.05) is 12.1 Å². The molecule has 0 spiro atoms. The molecule has 0 amide bonds. The van der Waals surface area contributed by atoms with E-state index in [0.717, 1.165) is 11.6 Å². The zero-order chi connectivity index (χ0) is 15.4. The average molecular weight is 289 g/mol. The molecule has 0 unspecified atom stereocenters. The maximum absolute atomic E-state index is 11.8. The zero-order valence-corrected chi connectivity index (χ0v) is 11.7. The lowest BCUT2D eigenvalue weighted by Crippen LogP contribution is -2.16. The maximum Gasteiger partial charge on any atom is 0.352 e. The minimum Gasteiger partial charge on any atom is -0.497 e. The van der Waals surface area contributed by atoms with Crippen molar-refractivity contribution >= 4 is 5.97 Å². The highest BCUT2D eigenvalue weighted by atomic mass is 16.5. The SMILES string of the molecule is COc1cccc(COc2cn(C)c(C(=O)O)cc2=O)c1. The number of hydrogen-bond donors (Lipinski definition) is 1. The Bertz CT molecular complexity index is 720. The van der Waals surface area contributed by atoms with E-state index >= 15 is 0 Å². The fourth-order valence-electron chi connectivity index (χ4n) is 1.85. The van der Waals surface area contributed by atoms with E-state index < -0.39 is 11.4 Å². The Balaban J connectivity index is 2.18. The van der Waals surface area contributed by atoms with Crippen LogP contribution in [0.25, 0.3) is 0 Å². The van der Waals surface area contributed by atoms with Gasteiger partial charge in [0.05, 0.1) is 13.3 Å². The van der Waals surface area contributed by atoms with E-state index in [-0.39, 0.29) is 18.1 Å². The molecule has 1 N–H and O–H groups in total. The topological polar surface area (TPSA) is 77.8 Å². The molecule has 6 heteroatoms. The van der Waals surface area contributed by atoms with Crippen LogP contribution in [0.2, 0.25) is 0 Å². The van der Waals surface area contributed by atoms with E-state index in [1.54, 1.807) is 20.2 Å². The summed E-state index contributed by atoms with van der Waals surface area (Å²) >= 11 is 0. The van der Waals surface area contributed by atoms with Gasteiger partial charge in [0.15, 0.2) is 5.75 Å². The Morgan fingerprint density at radius 2 is 2.10 bits per heavy atom. The van der Waals surface area contributed by atoms with E-state index in [1.165, 1.54) is 10.8 Å². The summed E-state index contributed by atoms with van der Waals surface area (Å²) in [5.41, 5.74) is 0.292. The number of ether oxygens (including phenoxy) is 2. The van der Waals surface area contributed by atoms with E-state index in [1.807, 2.05) is 18.2 Å². The molecule has 0 aliphatic rings. The quantitative estimate of drug-likeness (QED) is 0.906. The van der Waals surface area contributed by atoms with Gasteiger partial charge >= 0.3 is 5.97 Å². The van der Waals surface area contributed by atoms with Gasteiger partial charge in [0.2, 0.25) is 5.43 Å². The van der Waals surface area contributed by atoms with E-state index in [0.29, 0.717) is 5.75 Å². The summed E-state index contributed by atoms with van der Waals surface area (Å²) in [6.07, 6.45) is 1.37. The smallest absolute Gasteiger partial charge is 0.352 e. The molecule has 0 saturated heterocycles. The first-order valence-electron chi connectivity index (χ1n) is 6.21. The highest BCUT2D eigenvalue weighted by Gasteiger charge is 2.11. The number of carboxylic acid groups (broad SMARTS) is 1. The van der Waals surface area contributed by atoms with Crippen LogP contribution in [0.1, 0.15) is 16.1 Å². The molecule has 1 aromatic carbocycles. The number of benzene rings is 1. The van der Waals surface area contributed by atoms with E-state index in [9.17, 15) is 9.59 Å². The lowest BCUT2D eigenvalue weighted by Gasteiger charge is -2.10. The number of carboxylic acids is 1. The van der Waals surface area contributed by atoms with Crippen LogP contribution in [0.5, 0.6) is 11.5 Å². The van der Waals surface area contributed by atoms with Crippen LogP contribution in [0, 0.1) is 0 Å². The predicted molar refractivity (Wildman–Crippen MR) is 76.0 cm³/mol. The number of aromatic carboxylic acids is 1. The first kappa shape index (κ1) is 14.6. The molecule has 0 atom stereocenters. The zero-order valence-electron chi connectivity index (χ0n) is 11.7. The number of methoxy groups -OCH3 is 1. The van der Waals surface area contributed by atoms with Crippen LogP contribution in [-0.4, -0.2) is 22.8 Å². The van der Waals surface area contributed by atoms with Crippen molar-refractivity contribution in [3.63, 3.8) is 0 Å². The molecule has 21 heavy (non-hydrogen) atoms. The number of nitrogens with zero attached hydrogens (tertiary/aromatic N) is 1. The van der Waals surface area contributed by atoms with Crippen LogP contribution in [-0.2, 0) is 13.7 Å². The predicted octanol–water partition coefficient (Wildman–Crippen LogP) is 1.67. The third-order valence-electron chi connectivity index (χ3n) is 2.95. The molecule has 1 aromatic heterocycles. The Kier molecular flexibility index (Phi) is 4.27. The number of pyridine rings is 1. The molecule has 0 bridgehead atoms. The fraction of sp³-hybridized carbons (Fsp3) is 0.200. The van der Waals surface area contributed by atoms with Gasteiger partial charge in [-0.15, -0.1) is 0 Å². The van der Waals surface area contributed by atoms with Crippen molar-refractivity contribution in [3.8, 4) is 11.5 Å². The number of aromatic nitrogens is 1. The molecule has 0 aliphatic carbocycles. The van der Waals surface area contributed by atoms with Crippen LogP contribution >= 0.6 is 0 Å². The van der Waals surface area contributed by atoms with Crippen molar-refractivity contribution in [2.75, 3.05) is 7.11 Å². The third-order valence-corrected chi connectivity index (χ3v) is 2.95. The molecule has 0 saturated carbocycles. The van der Waals surface area contributed by atoms with Gasteiger partial charge in [0.1, 0.15) is 18.1 Å². The summed E-state index contributed by atoms with van der Waals surface area (Å²) in [7, 11) is 3.11. The summed E-state index contributed by atoms with van der Waals surface area (Å²) in [6.45, 7) is 0.193. The van der Waals surface area contributed by atoms with Crippen molar-refractivity contribution in [1.82, 2.24) is 4.57 Å². The average Bonchev–Trinajstić information content (AvgIpc) is 2.47. The summed E-state index contributed by atoms with van der Waals surface area (Å²) in [5, 5.41) is 8.93. The fourth-order valence-corrected chi connectivity index (χ4v) is 1.85. The Hall–Kier alpha value is -2.76. The van der Waals surface area contributed by atoms with Crippen molar-refractivity contribution in [2.45, 2.75) is 6.61 Å². The molecule has 1 heterocycles. The highest BCUT2D eigenvalue weighted by molar-refractivity contribution is 5.85. The Morgan fingerprint density at radius 3 is 2.76 bits per heavy atom. The van der Waals surface area contributed by atoms with Gasteiger partial charge in [0.25, 0.3) is 0 Å². The highest BCUT2D eigenvalue weighted by Crippen LogP contribution is 2.14. The monoisotopic (exact) mass is 289 g/mol. The van der Waals surface area contributed by atoms with Crippen molar-refractivity contribution < 1.29 is 19.4 Å². The lowest BCUT2D eigenvalue weighted by molar-refractivity contribution is 0.0685. The van der Waals surface area contributed by atoms with Crippen LogP contribution < -0.4 is 14.9 Å². The molecular formula is C15H15NO5. The van der Waals surface area contributed by atoms with Crippen LogP contribution in [0.15, 0.2) is 41.3 Å². The second-order valence-corrected chi connectivity index (χ2v) is 4.44. The maximum atomic E-state index is 11.8. The molecule has 2 rings (SSSR count). The third kappa shape index (κ3) is 3.42. The van der Waals surface area contributed by atoms with E-state index in [2.05, 4.69) is 0 Å². The number of carbonyl (C=O) groups is 1. The second-order valence-electron chi connectivity index (χ2n) is 4.44. The van der Waals surface area contributed by atoms with Gasteiger partial charge in [-0.05, 0) is 17.7 Å². The molecule has 0 radical (unpaired) electrons. The normalized spacial score (nSPS) is 10.2. The number of rotatable bonds is 5. The molecule has 0 fully saturated rings. The first-order valence-corrected chi connectivity index (χ1v) is 6.21. The molecule has 110 valence electrons. The van der Waals surface area contributed by atoms with Crippen LogP contribution in [0.4, 0.5) is 0 Å². The lowest BCUT2D eigenvalue weighted by atomic mass is 10.2. The van der Waals surface area contributed by atoms with Crippen molar-refractivity contribution in [3.05, 3.63) is 58.0 Å². The molecular weight excluding hydrogens is 274 g/mol. The molecule has 2 aromatic rings. The van der Waals surface area contributed by atoms with Gasteiger partial charge in [-0.2, -0.15) is 0 Å². The van der Waals surface area contributed by atoms with Gasteiger partial charge in [-0.25, -0.2) is 4.79 Å². The summed E-state index contributed by atoms with van der Waals surface area (Å²) < 4.78 is 11.9. The number of hydrogen-bond acceptors (Lipinski definition) is 4. The number of aryl methyl sites for hydroxylation is 1. The Labute approximate surface area is 121 Å². The second kappa shape index (κ2) is 6.13. The Morgan fingerprint density at radius 1 is 1.33 bits per heavy atom. The first-order chi connectivity index (χ1) is 10.0. The molecule has 6 nitrogen and oxygen atoms in total. The largest absolute Gasteiger partial charge is 0.497 e. The standard InChI is InChI=1S/C15H15NO5/c1-16-8-14(13(17)7-12(16)15(18)19)21-9-10-4-3-5-11(6-10)20-2/h3-8H,9H2,1-2H3,(H,18,19). The minimum atomic E-state index is -1.16. The van der Waals surface area contributed by atoms with Gasteiger partial charge in [0, 0.05) is 13.1 Å². The van der Waals surface area contributed by atoms with Gasteiger partial charge < -0.3 is 19.1 Å². The minimum absolute atomic E-state index is 0.0891. The summed E-state index contributed by atoms with van der Waals surface area (Å²) in [6, 6.07) is 8.32. The van der Waals surface area contributed by atoms with E-state index in [4.69, 9.17) is 14.6 Å². The van der Waals surface area contributed by atoms with Crippen molar-refractivity contribution in [1.29, 1.82) is 0 Å². The van der Waals surface area contributed by atoms with Crippen LogP contribution in [0.3, 0.4) is 0 Å². The van der Waals surface area contributed by atoms with Gasteiger partial charge in [-0.3, -0.25) is 4.79 Å². The summed E-state index contributed by atoms with van der Waals surface area (Å²) in [5.74, 6) is -0.357. The van der Waals surface area contributed by atoms with Crippen molar-refractivity contribution in [2.24, 2.45) is 7.05 Å².